The second-order valence-corrected chi connectivity index (χ2v) is 3.98. The van der Waals surface area contributed by atoms with E-state index in [1.165, 1.54) is 0 Å². The maximum Gasteiger partial charge on any atom is 0.188 e. The summed E-state index contributed by atoms with van der Waals surface area (Å²) in [5, 5.41) is 11.5. The summed E-state index contributed by atoms with van der Waals surface area (Å²) in [5.74, 6) is 0.00883. The summed E-state index contributed by atoms with van der Waals surface area (Å²) in [5.41, 5.74) is 6.90. The van der Waals surface area contributed by atoms with Gasteiger partial charge in [-0.2, -0.15) is 0 Å². The van der Waals surface area contributed by atoms with E-state index in [0.717, 1.165) is 12.2 Å². The zero-order valence-corrected chi connectivity index (χ0v) is 11.0. The van der Waals surface area contributed by atoms with Crippen molar-refractivity contribution in [3.63, 3.8) is 0 Å². The first-order valence-electron chi connectivity index (χ1n) is 5.83. The Labute approximate surface area is 107 Å². The summed E-state index contributed by atoms with van der Waals surface area (Å²) in [6.07, 6.45) is 1.71. The van der Waals surface area contributed by atoms with Crippen molar-refractivity contribution in [2.75, 3.05) is 25.2 Å². The number of pyridine rings is 1. The van der Waals surface area contributed by atoms with Crippen LogP contribution in [0.15, 0.2) is 23.5 Å². The lowest BCUT2D eigenvalue weighted by Crippen LogP contribution is -2.36. The molecule has 1 rings (SSSR count). The first kappa shape index (κ1) is 14.2. The number of nitrogens with two attached hydrogens (primary N) is 1. The van der Waals surface area contributed by atoms with Crippen molar-refractivity contribution in [1.29, 1.82) is 0 Å². The molecule has 0 saturated carbocycles. The Morgan fingerprint density at radius 1 is 1.61 bits per heavy atom. The predicted octanol–water partition coefficient (Wildman–Crippen LogP) is 1.04. The number of nitrogens with zero attached hydrogens (tertiary/aromatic N) is 3. The van der Waals surface area contributed by atoms with Gasteiger partial charge in [-0.1, -0.05) is 5.16 Å². The highest BCUT2D eigenvalue weighted by Crippen LogP contribution is 2.16. The molecule has 1 heterocycles. The van der Waals surface area contributed by atoms with Crippen LogP contribution in [0.4, 0.5) is 5.69 Å². The maximum atomic E-state index is 8.57. The Balaban J connectivity index is 2.88. The van der Waals surface area contributed by atoms with Crippen LogP contribution in [0.3, 0.4) is 0 Å². The summed E-state index contributed by atoms with van der Waals surface area (Å²) < 4.78 is 5.15. The van der Waals surface area contributed by atoms with Gasteiger partial charge in [0.2, 0.25) is 0 Å². The van der Waals surface area contributed by atoms with Crippen molar-refractivity contribution in [1.82, 2.24) is 4.98 Å². The van der Waals surface area contributed by atoms with Crippen LogP contribution in [0, 0.1) is 0 Å². The van der Waals surface area contributed by atoms with Crippen molar-refractivity contribution >= 4 is 11.5 Å². The van der Waals surface area contributed by atoms with Crippen LogP contribution >= 0.6 is 0 Å². The normalized spacial score (nSPS) is 13.4. The second-order valence-electron chi connectivity index (χ2n) is 3.98. The monoisotopic (exact) mass is 252 g/mol. The molecule has 0 saturated heterocycles. The molecule has 0 aromatic carbocycles. The average molecular weight is 252 g/mol. The summed E-state index contributed by atoms with van der Waals surface area (Å²) in [6.45, 7) is 5.67. The topological polar surface area (TPSA) is 84.0 Å². The van der Waals surface area contributed by atoms with Crippen molar-refractivity contribution in [3.05, 3.63) is 24.0 Å². The van der Waals surface area contributed by atoms with E-state index in [0.29, 0.717) is 12.3 Å². The largest absolute Gasteiger partial charge is 0.409 e. The predicted molar refractivity (Wildman–Crippen MR) is 71.1 cm³/mol. The van der Waals surface area contributed by atoms with Gasteiger partial charge < -0.3 is 20.6 Å². The summed E-state index contributed by atoms with van der Waals surface area (Å²) in [6, 6.07) is 3.89. The molecule has 0 aliphatic carbocycles. The zero-order valence-electron chi connectivity index (χ0n) is 11.0. The molecule has 1 unspecified atom stereocenters. The molecule has 6 heteroatoms. The molecule has 3 N–H and O–H groups in total. The molecule has 6 nitrogen and oxygen atoms in total. The molecule has 0 fully saturated rings. The van der Waals surface area contributed by atoms with Gasteiger partial charge in [0, 0.05) is 19.7 Å². The number of aromatic nitrogens is 1. The van der Waals surface area contributed by atoms with Gasteiger partial charge in [-0.25, -0.2) is 0 Å². The van der Waals surface area contributed by atoms with Gasteiger partial charge in [0.15, 0.2) is 5.84 Å². The van der Waals surface area contributed by atoms with E-state index in [2.05, 4.69) is 28.9 Å². The minimum atomic E-state index is 0.00883. The highest BCUT2D eigenvalue weighted by atomic mass is 16.5. The van der Waals surface area contributed by atoms with Gasteiger partial charge in [0.25, 0.3) is 0 Å². The van der Waals surface area contributed by atoms with Gasteiger partial charge in [-0.3, -0.25) is 4.98 Å². The Hall–Kier alpha value is -1.82. The first-order valence-corrected chi connectivity index (χ1v) is 5.83. The van der Waals surface area contributed by atoms with E-state index in [4.69, 9.17) is 15.7 Å². The lowest BCUT2D eigenvalue weighted by atomic mass is 10.2. The molecule has 0 bridgehead atoms. The van der Waals surface area contributed by atoms with Crippen LogP contribution in [-0.4, -0.2) is 42.3 Å². The Kier molecular flexibility index (Phi) is 5.38. The van der Waals surface area contributed by atoms with E-state index in [9.17, 15) is 0 Å². The summed E-state index contributed by atoms with van der Waals surface area (Å²) in [7, 11) is 1.68. The average Bonchev–Trinajstić information content (AvgIpc) is 2.40. The third kappa shape index (κ3) is 3.33. The first-order chi connectivity index (χ1) is 8.63. The molecular weight excluding hydrogens is 232 g/mol. The molecule has 0 amide bonds. The van der Waals surface area contributed by atoms with Gasteiger partial charge >= 0.3 is 0 Å². The van der Waals surface area contributed by atoms with Crippen LogP contribution in [0.25, 0.3) is 0 Å². The van der Waals surface area contributed by atoms with E-state index < -0.39 is 0 Å². The second kappa shape index (κ2) is 6.80. The van der Waals surface area contributed by atoms with E-state index in [1.54, 1.807) is 19.4 Å². The third-order valence-electron chi connectivity index (χ3n) is 2.73. The van der Waals surface area contributed by atoms with Crippen LogP contribution < -0.4 is 10.6 Å². The van der Waals surface area contributed by atoms with Crippen LogP contribution in [-0.2, 0) is 4.74 Å². The number of methoxy groups -OCH3 is 1. The smallest absolute Gasteiger partial charge is 0.188 e. The van der Waals surface area contributed by atoms with Crippen molar-refractivity contribution in [2.45, 2.75) is 19.9 Å². The fraction of sp³-hybridized carbons (Fsp3) is 0.500. The molecule has 0 spiro atoms. The van der Waals surface area contributed by atoms with Crippen LogP contribution in [0.5, 0.6) is 0 Å². The minimum absolute atomic E-state index is 0.00883. The molecule has 1 atom stereocenters. The number of hydrogen-bond donors (Lipinski definition) is 2. The Morgan fingerprint density at radius 3 is 2.78 bits per heavy atom. The lowest BCUT2D eigenvalue weighted by Gasteiger charge is -2.29. The van der Waals surface area contributed by atoms with E-state index >= 15 is 0 Å². The Bertz CT molecular complexity index is 392. The van der Waals surface area contributed by atoms with Crippen molar-refractivity contribution in [3.8, 4) is 0 Å². The summed E-state index contributed by atoms with van der Waals surface area (Å²) >= 11 is 0. The highest BCUT2D eigenvalue weighted by molar-refractivity contribution is 5.95. The quantitative estimate of drug-likeness (QED) is 0.342. The number of hydrogen-bond acceptors (Lipinski definition) is 5. The number of likely N-dealkylation sites (N-methyl/N-ethyl adjacent to an activating group) is 1. The van der Waals surface area contributed by atoms with E-state index in [-0.39, 0.29) is 11.9 Å². The molecule has 100 valence electrons. The highest BCUT2D eigenvalue weighted by Gasteiger charge is 2.13. The number of ether oxygens (including phenoxy) is 1. The maximum absolute atomic E-state index is 8.57. The van der Waals surface area contributed by atoms with E-state index in [1.807, 2.05) is 6.07 Å². The third-order valence-corrected chi connectivity index (χ3v) is 2.73. The number of anilines is 1. The summed E-state index contributed by atoms with van der Waals surface area (Å²) in [4.78, 5) is 6.34. The van der Waals surface area contributed by atoms with Crippen molar-refractivity contribution in [2.24, 2.45) is 10.9 Å². The van der Waals surface area contributed by atoms with Gasteiger partial charge in [0.05, 0.1) is 18.5 Å². The minimum Gasteiger partial charge on any atom is -0.409 e. The molecule has 0 aliphatic rings. The SMILES string of the molecule is CCN(c1ccc(/C(N)=N/O)nc1)C(C)COC. The van der Waals surface area contributed by atoms with Gasteiger partial charge in [-0.05, 0) is 26.0 Å². The fourth-order valence-corrected chi connectivity index (χ4v) is 1.84. The number of rotatable bonds is 6. The van der Waals surface area contributed by atoms with Crippen LogP contribution in [0.1, 0.15) is 19.5 Å². The van der Waals surface area contributed by atoms with Crippen molar-refractivity contribution < 1.29 is 9.94 Å². The molecule has 1 aromatic heterocycles. The fourth-order valence-electron chi connectivity index (χ4n) is 1.84. The molecule has 0 radical (unpaired) electrons. The molecular formula is C12H20N4O2. The van der Waals surface area contributed by atoms with Gasteiger partial charge in [0.1, 0.15) is 5.69 Å². The Morgan fingerprint density at radius 2 is 2.33 bits per heavy atom. The molecule has 0 aliphatic heterocycles. The lowest BCUT2D eigenvalue weighted by molar-refractivity contribution is 0.182. The van der Waals surface area contributed by atoms with Crippen LogP contribution in [0.2, 0.25) is 0 Å². The number of oxime groups is 1. The standard InChI is InChI=1S/C12H20N4O2/c1-4-16(9(2)8-18-3)10-5-6-11(14-7-10)12(13)15-17/h5-7,9,17H,4,8H2,1-3H3,(H2,13,15). The zero-order chi connectivity index (χ0) is 13.5. The molecule has 1 aromatic rings. The van der Waals surface area contributed by atoms with Gasteiger partial charge in [-0.15, -0.1) is 0 Å². The number of amidine groups is 1. The molecule has 18 heavy (non-hydrogen) atoms.